The van der Waals surface area contributed by atoms with Crippen molar-refractivity contribution in [1.29, 1.82) is 0 Å². The highest BCUT2D eigenvalue weighted by Gasteiger charge is 2.20. The van der Waals surface area contributed by atoms with Gasteiger partial charge in [0.05, 0.1) is 0 Å². The average Bonchev–Trinajstić information content (AvgIpc) is 2.42. The number of hydrogen-bond donors (Lipinski definition) is 3. The zero-order valence-corrected chi connectivity index (χ0v) is 12.8. The molecule has 0 aromatic carbocycles. The fraction of sp³-hybridized carbons (Fsp3) is 0.833. The highest BCUT2D eigenvalue weighted by molar-refractivity contribution is 8.00. The molecule has 1 fully saturated rings. The molecular formula is C12H22N2O3S2. The molecule has 0 aromatic heterocycles. The Balaban J connectivity index is 2.25. The van der Waals surface area contributed by atoms with Crippen molar-refractivity contribution in [3.05, 3.63) is 0 Å². The molecule has 2 amide bonds. The Bertz CT molecular complexity index is 297. The predicted octanol–water partition coefficient (Wildman–Crippen LogP) is 1.78. The Labute approximate surface area is 122 Å². The first kappa shape index (κ1) is 16.5. The molecule has 19 heavy (non-hydrogen) atoms. The van der Waals surface area contributed by atoms with Gasteiger partial charge in [-0.1, -0.05) is 6.42 Å². The summed E-state index contributed by atoms with van der Waals surface area (Å²) in [6.45, 7) is 0.616. The lowest BCUT2D eigenvalue weighted by Crippen LogP contribution is -2.47. The lowest BCUT2D eigenvalue weighted by atomic mass is 10.2. The zero-order chi connectivity index (χ0) is 14.1. The van der Waals surface area contributed by atoms with Crippen molar-refractivity contribution in [3.63, 3.8) is 0 Å². The third-order valence-corrected chi connectivity index (χ3v) is 5.02. The number of carboxylic acid groups (broad SMARTS) is 1. The van der Waals surface area contributed by atoms with E-state index in [1.54, 1.807) is 11.8 Å². The first-order valence-corrected chi connectivity index (χ1v) is 8.95. The standard InChI is InChI=1S/C12H22N2O3S2/c1-18-7-5-10(11(15)16)14-12(17)13-8-9-4-2-3-6-19-9/h9-10H,2-8H2,1H3,(H,15,16)(H2,13,14,17)/t9?,10-/m0/s1. The number of rotatable bonds is 7. The highest BCUT2D eigenvalue weighted by Crippen LogP contribution is 2.24. The number of hydrogen-bond acceptors (Lipinski definition) is 4. The van der Waals surface area contributed by atoms with Crippen LogP contribution in [0.1, 0.15) is 25.7 Å². The molecule has 1 heterocycles. The van der Waals surface area contributed by atoms with Gasteiger partial charge in [0.1, 0.15) is 6.04 Å². The molecule has 1 aliphatic heterocycles. The molecule has 0 radical (unpaired) electrons. The topological polar surface area (TPSA) is 78.4 Å². The molecule has 7 heteroatoms. The van der Waals surface area contributed by atoms with Crippen LogP contribution in [0, 0.1) is 0 Å². The van der Waals surface area contributed by atoms with Gasteiger partial charge in [0.25, 0.3) is 0 Å². The Kier molecular flexibility index (Phi) is 8.13. The first-order valence-electron chi connectivity index (χ1n) is 6.51. The van der Waals surface area contributed by atoms with Gasteiger partial charge in [-0.25, -0.2) is 9.59 Å². The second-order valence-corrected chi connectivity index (χ2v) is 6.91. The first-order chi connectivity index (χ1) is 9.13. The van der Waals surface area contributed by atoms with Gasteiger partial charge in [-0.3, -0.25) is 0 Å². The third-order valence-electron chi connectivity index (χ3n) is 2.98. The van der Waals surface area contributed by atoms with Crippen LogP contribution in [0.3, 0.4) is 0 Å². The van der Waals surface area contributed by atoms with Crippen molar-refractivity contribution >= 4 is 35.5 Å². The van der Waals surface area contributed by atoms with Crippen LogP contribution in [0.15, 0.2) is 0 Å². The summed E-state index contributed by atoms with van der Waals surface area (Å²) in [5.74, 6) is 0.894. The van der Waals surface area contributed by atoms with Crippen LogP contribution in [-0.4, -0.2) is 52.7 Å². The van der Waals surface area contributed by atoms with Gasteiger partial charge in [-0.2, -0.15) is 23.5 Å². The fourth-order valence-corrected chi connectivity index (χ4v) is 3.59. The van der Waals surface area contributed by atoms with Gasteiger partial charge in [-0.05, 0) is 37.0 Å². The molecule has 0 bridgehead atoms. The maximum atomic E-state index is 11.7. The van der Waals surface area contributed by atoms with Crippen molar-refractivity contribution in [2.24, 2.45) is 0 Å². The number of carbonyl (C=O) groups is 2. The number of aliphatic carboxylic acids is 1. The summed E-state index contributed by atoms with van der Waals surface area (Å²) in [4.78, 5) is 22.7. The van der Waals surface area contributed by atoms with E-state index in [1.807, 2.05) is 18.0 Å². The number of thioether (sulfide) groups is 2. The monoisotopic (exact) mass is 306 g/mol. The molecule has 1 rings (SSSR count). The molecule has 1 unspecified atom stereocenters. The van der Waals surface area contributed by atoms with E-state index in [4.69, 9.17) is 5.11 Å². The molecule has 3 N–H and O–H groups in total. The summed E-state index contributed by atoms with van der Waals surface area (Å²) in [7, 11) is 0. The summed E-state index contributed by atoms with van der Waals surface area (Å²) in [6, 6.07) is -1.17. The van der Waals surface area contributed by atoms with Crippen molar-refractivity contribution < 1.29 is 14.7 Å². The second-order valence-electron chi connectivity index (χ2n) is 4.52. The average molecular weight is 306 g/mol. The predicted molar refractivity (Wildman–Crippen MR) is 81.1 cm³/mol. The Morgan fingerprint density at radius 1 is 1.47 bits per heavy atom. The minimum Gasteiger partial charge on any atom is -0.480 e. The van der Waals surface area contributed by atoms with E-state index < -0.39 is 12.0 Å². The summed E-state index contributed by atoms with van der Waals surface area (Å²) in [5, 5.41) is 14.8. The largest absolute Gasteiger partial charge is 0.480 e. The zero-order valence-electron chi connectivity index (χ0n) is 11.2. The quantitative estimate of drug-likeness (QED) is 0.668. The van der Waals surface area contributed by atoms with Gasteiger partial charge in [-0.15, -0.1) is 0 Å². The molecule has 2 atom stereocenters. The van der Waals surface area contributed by atoms with Gasteiger partial charge in [0, 0.05) is 11.8 Å². The molecule has 0 saturated carbocycles. The van der Waals surface area contributed by atoms with E-state index in [-0.39, 0.29) is 6.03 Å². The lowest BCUT2D eigenvalue weighted by Gasteiger charge is -2.22. The van der Waals surface area contributed by atoms with E-state index in [2.05, 4.69) is 10.6 Å². The summed E-state index contributed by atoms with van der Waals surface area (Å²) < 4.78 is 0. The Hall–Kier alpha value is -0.560. The van der Waals surface area contributed by atoms with Gasteiger partial charge in [0.15, 0.2) is 0 Å². The van der Waals surface area contributed by atoms with E-state index in [0.29, 0.717) is 18.2 Å². The van der Waals surface area contributed by atoms with Crippen LogP contribution in [0.4, 0.5) is 4.79 Å². The fourth-order valence-electron chi connectivity index (χ4n) is 1.88. The molecule has 1 aliphatic rings. The smallest absolute Gasteiger partial charge is 0.326 e. The van der Waals surface area contributed by atoms with Gasteiger partial charge < -0.3 is 15.7 Å². The number of amides is 2. The molecule has 0 aliphatic carbocycles. The van der Waals surface area contributed by atoms with E-state index in [0.717, 1.165) is 17.9 Å². The normalized spacial score (nSPS) is 20.6. The van der Waals surface area contributed by atoms with Crippen LogP contribution >= 0.6 is 23.5 Å². The van der Waals surface area contributed by atoms with E-state index >= 15 is 0 Å². The molecule has 5 nitrogen and oxygen atoms in total. The molecule has 0 aromatic rings. The van der Waals surface area contributed by atoms with E-state index in [1.165, 1.54) is 12.8 Å². The molecule has 110 valence electrons. The Morgan fingerprint density at radius 2 is 2.26 bits per heavy atom. The maximum Gasteiger partial charge on any atom is 0.326 e. The van der Waals surface area contributed by atoms with Crippen LogP contribution in [0.2, 0.25) is 0 Å². The highest BCUT2D eigenvalue weighted by atomic mass is 32.2. The number of urea groups is 1. The van der Waals surface area contributed by atoms with Crippen LogP contribution in [0.25, 0.3) is 0 Å². The second kappa shape index (κ2) is 9.36. The summed E-state index contributed by atoms with van der Waals surface area (Å²) in [5.41, 5.74) is 0. The lowest BCUT2D eigenvalue weighted by molar-refractivity contribution is -0.139. The van der Waals surface area contributed by atoms with E-state index in [9.17, 15) is 9.59 Å². The van der Waals surface area contributed by atoms with Crippen molar-refractivity contribution in [2.75, 3.05) is 24.3 Å². The minimum absolute atomic E-state index is 0.375. The van der Waals surface area contributed by atoms with Gasteiger partial charge in [0.2, 0.25) is 0 Å². The molecular weight excluding hydrogens is 284 g/mol. The van der Waals surface area contributed by atoms with Crippen molar-refractivity contribution in [1.82, 2.24) is 10.6 Å². The number of carbonyl (C=O) groups excluding carboxylic acids is 1. The Morgan fingerprint density at radius 3 is 2.84 bits per heavy atom. The number of carboxylic acids is 1. The third kappa shape index (κ3) is 6.96. The van der Waals surface area contributed by atoms with Crippen molar-refractivity contribution in [2.45, 2.75) is 37.0 Å². The summed E-state index contributed by atoms with van der Waals surface area (Å²) in [6.07, 6.45) is 5.96. The number of nitrogens with one attached hydrogen (secondary N) is 2. The van der Waals surface area contributed by atoms with Crippen LogP contribution in [0.5, 0.6) is 0 Å². The molecule has 1 saturated heterocycles. The maximum absolute atomic E-state index is 11.7. The summed E-state index contributed by atoms with van der Waals surface area (Å²) >= 11 is 3.45. The van der Waals surface area contributed by atoms with Gasteiger partial charge >= 0.3 is 12.0 Å². The SMILES string of the molecule is CSCC[C@H](NC(=O)NCC1CCCCS1)C(=O)O. The van der Waals surface area contributed by atoms with Crippen LogP contribution < -0.4 is 10.6 Å². The minimum atomic E-state index is -0.976. The molecule has 0 spiro atoms. The van der Waals surface area contributed by atoms with Crippen molar-refractivity contribution in [3.8, 4) is 0 Å². The van der Waals surface area contributed by atoms with Crippen LogP contribution in [-0.2, 0) is 4.79 Å².